The van der Waals surface area contributed by atoms with E-state index in [-0.39, 0.29) is 11.5 Å². The number of nitrogens with one attached hydrogen (secondary N) is 1. The SMILES string of the molecule is Cc1cc(C(=O)CSc2nnc(-c3ccoc3C)n2-c2ccccc2)c(C)[nH]1. The van der Waals surface area contributed by atoms with E-state index in [9.17, 15) is 4.79 Å². The average Bonchev–Trinajstić information content (AvgIpc) is 3.38. The second-order valence-electron chi connectivity index (χ2n) is 6.57. The number of para-hydroxylation sites is 1. The molecule has 6 nitrogen and oxygen atoms in total. The third-order valence-electron chi connectivity index (χ3n) is 4.53. The Balaban J connectivity index is 1.68. The zero-order valence-corrected chi connectivity index (χ0v) is 16.7. The molecule has 28 heavy (non-hydrogen) atoms. The summed E-state index contributed by atoms with van der Waals surface area (Å²) in [5.74, 6) is 1.82. The molecule has 0 radical (unpaired) electrons. The molecule has 7 heteroatoms. The maximum atomic E-state index is 12.7. The maximum Gasteiger partial charge on any atom is 0.196 e. The predicted octanol–water partition coefficient (Wildman–Crippen LogP) is 4.76. The molecule has 0 saturated carbocycles. The molecule has 3 aromatic heterocycles. The number of hydrogen-bond acceptors (Lipinski definition) is 5. The summed E-state index contributed by atoms with van der Waals surface area (Å²) < 4.78 is 7.41. The van der Waals surface area contributed by atoms with Gasteiger partial charge in [-0.2, -0.15) is 0 Å². The first-order valence-corrected chi connectivity index (χ1v) is 9.90. The molecule has 1 N–H and O–H groups in total. The lowest BCUT2D eigenvalue weighted by atomic mass is 10.2. The van der Waals surface area contributed by atoms with Gasteiger partial charge in [-0.3, -0.25) is 9.36 Å². The van der Waals surface area contributed by atoms with Crippen molar-refractivity contribution < 1.29 is 9.21 Å². The molecule has 0 saturated heterocycles. The van der Waals surface area contributed by atoms with E-state index in [0.717, 1.165) is 34.0 Å². The fourth-order valence-electron chi connectivity index (χ4n) is 3.19. The third kappa shape index (κ3) is 3.41. The quantitative estimate of drug-likeness (QED) is 0.378. The Hall–Kier alpha value is -3.06. The van der Waals surface area contributed by atoms with Crippen molar-refractivity contribution in [2.24, 2.45) is 0 Å². The van der Waals surface area contributed by atoms with Gasteiger partial charge in [0.25, 0.3) is 0 Å². The lowest BCUT2D eigenvalue weighted by Crippen LogP contribution is -2.05. The smallest absolute Gasteiger partial charge is 0.196 e. The van der Waals surface area contributed by atoms with Gasteiger partial charge in [-0.15, -0.1) is 10.2 Å². The van der Waals surface area contributed by atoms with Gasteiger partial charge in [0.1, 0.15) is 5.76 Å². The Labute approximate surface area is 167 Å². The van der Waals surface area contributed by atoms with Gasteiger partial charge in [-0.05, 0) is 45.0 Å². The molecule has 0 aliphatic rings. The lowest BCUT2D eigenvalue weighted by Gasteiger charge is -2.09. The Morgan fingerprint density at radius 3 is 2.57 bits per heavy atom. The zero-order chi connectivity index (χ0) is 19.7. The first-order chi connectivity index (χ1) is 13.5. The van der Waals surface area contributed by atoms with Gasteiger partial charge in [0, 0.05) is 22.6 Å². The Kier molecular flexibility index (Phi) is 4.92. The molecule has 0 aliphatic heterocycles. The number of benzene rings is 1. The molecule has 0 atom stereocenters. The van der Waals surface area contributed by atoms with Crippen LogP contribution in [0, 0.1) is 20.8 Å². The molecule has 0 bridgehead atoms. The van der Waals surface area contributed by atoms with E-state index in [4.69, 9.17) is 4.42 Å². The van der Waals surface area contributed by atoms with Crippen molar-refractivity contribution in [3.63, 3.8) is 0 Å². The van der Waals surface area contributed by atoms with Gasteiger partial charge in [0.15, 0.2) is 16.8 Å². The lowest BCUT2D eigenvalue weighted by molar-refractivity contribution is 0.102. The molecule has 0 spiro atoms. The number of Topliss-reactive ketones (excluding diaryl/α,β-unsaturated/α-hetero) is 1. The molecule has 1 aromatic carbocycles. The Morgan fingerprint density at radius 2 is 1.93 bits per heavy atom. The molecule has 142 valence electrons. The number of carbonyl (C=O) groups is 1. The first kappa shape index (κ1) is 18.3. The van der Waals surface area contributed by atoms with Crippen LogP contribution in [0.4, 0.5) is 0 Å². The molecule has 0 fully saturated rings. The largest absolute Gasteiger partial charge is 0.469 e. The topological polar surface area (TPSA) is 76.7 Å². The normalized spacial score (nSPS) is 11.1. The third-order valence-corrected chi connectivity index (χ3v) is 5.46. The van der Waals surface area contributed by atoms with Gasteiger partial charge >= 0.3 is 0 Å². The van der Waals surface area contributed by atoms with E-state index in [1.54, 1.807) is 6.26 Å². The van der Waals surface area contributed by atoms with E-state index >= 15 is 0 Å². The number of thioether (sulfide) groups is 1. The zero-order valence-electron chi connectivity index (χ0n) is 15.9. The second kappa shape index (κ2) is 7.52. The van der Waals surface area contributed by atoms with E-state index in [0.29, 0.717) is 11.0 Å². The van der Waals surface area contributed by atoms with Crippen molar-refractivity contribution in [3.8, 4) is 17.1 Å². The van der Waals surface area contributed by atoms with Crippen LogP contribution >= 0.6 is 11.8 Å². The van der Waals surface area contributed by atoms with Crippen molar-refractivity contribution in [1.82, 2.24) is 19.7 Å². The predicted molar refractivity (Wildman–Crippen MR) is 109 cm³/mol. The van der Waals surface area contributed by atoms with Crippen LogP contribution in [-0.4, -0.2) is 31.3 Å². The number of H-pyrrole nitrogens is 1. The number of hydrogen-bond donors (Lipinski definition) is 1. The van der Waals surface area contributed by atoms with Crippen LogP contribution in [0.25, 0.3) is 17.1 Å². The van der Waals surface area contributed by atoms with E-state index in [1.165, 1.54) is 11.8 Å². The van der Waals surface area contributed by atoms with Crippen molar-refractivity contribution in [1.29, 1.82) is 0 Å². The van der Waals surface area contributed by atoms with Crippen LogP contribution in [0.5, 0.6) is 0 Å². The standard InChI is InChI=1S/C21H20N4O2S/c1-13-11-18(14(2)22-13)19(26)12-28-21-24-23-20(17-9-10-27-15(17)3)25(21)16-7-5-4-6-8-16/h4-11,22H,12H2,1-3H3. The molecule has 0 unspecified atom stereocenters. The molecule has 4 rings (SSSR count). The summed E-state index contributed by atoms with van der Waals surface area (Å²) in [5, 5.41) is 9.41. The van der Waals surface area contributed by atoms with Crippen LogP contribution in [0.15, 0.2) is 58.3 Å². The van der Waals surface area contributed by atoms with Crippen molar-refractivity contribution >= 4 is 17.5 Å². The summed E-state index contributed by atoms with van der Waals surface area (Å²) in [6, 6.07) is 13.6. The van der Waals surface area contributed by atoms with E-state index in [1.807, 2.05) is 67.8 Å². The van der Waals surface area contributed by atoms with Crippen molar-refractivity contribution in [2.45, 2.75) is 25.9 Å². The minimum atomic E-state index is 0.0653. The fraction of sp³-hybridized carbons (Fsp3) is 0.190. The Bertz CT molecular complexity index is 1120. The van der Waals surface area contributed by atoms with E-state index < -0.39 is 0 Å². The number of ketones is 1. The maximum absolute atomic E-state index is 12.7. The molecule has 4 aromatic rings. The number of rotatable bonds is 6. The number of aromatic amines is 1. The highest BCUT2D eigenvalue weighted by atomic mass is 32.2. The van der Waals surface area contributed by atoms with Gasteiger partial charge < -0.3 is 9.40 Å². The monoisotopic (exact) mass is 392 g/mol. The van der Waals surface area contributed by atoms with E-state index in [2.05, 4.69) is 15.2 Å². The average molecular weight is 392 g/mol. The Morgan fingerprint density at radius 1 is 1.14 bits per heavy atom. The minimum absolute atomic E-state index is 0.0653. The highest BCUT2D eigenvalue weighted by Gasteiger charge is 2.20. The number of aromatic nitrogens is 4. The highest BCUT2D eigenvalue weighted by molar-refractivity contribution is 7.99. The number of aryl methyl sites for hydroxylation is 3. The first-order valence-electron chi connectivity index (χ1n) is 8.92. The number of carbonyl (C=O) groups excluding carboxylic acids is 1. The molecule has 0 aliphatic carbocycles. The molecular weight excluding hydrogens is 372 g/mol. The molecule has 0 amide bonds. The van der Waals surface area contributed by atoms with Crippen LogP contribution in [0.2, 0.25) is 0 Å². The van der Waals surface area contributed by atoms with Crippen molar-refractivity contribution in [3.05, 3.63) is 71.4 Å². The van der Waals surface area contributed by atoms with Gasteiger partial charge in [-0.25, -0.2) is 0 Å². The molecular formula is C21H20N4O2S. The van der Waals surface area contributed by atoms with Gasteiger partial charge in [0.2, 0.25) is 0 Å². The summed E-state index contributed by atoms with van der Waals surface area (Å²) in [6.45, 7) is 5.76. The van der Waals surface area contributed by atoms with Crippen LogP contribution in [-0.2, 0) is 0 Å². The van der Waals surface area contributed by atoms with Gasteiger partial charge in [0.05, 0.1) is 17.6 Å². The van der Waals surface area contributed by atoms with Crippen LogP contribution in [0.1, 0.15) is 27.5 Å². The van der Waals surface area contributed by atoms with Crippen LogP contribution in [0.3, 0.4) is 0 Å². The fourth-order valence-corrected chi connectivity index (χ4v) is 4.02. The van der Waals surface area contributed by atoms with Crippen molar-refractivity contribution in [2.75, 3.05) is 5.75 Å². The molecule has 3 heterocycles. The number of furan rings is 1. The summed E-state index contributed by atoms with van der Waals surface area (Å²) in [6.07, 6.45) is 1.64. The summed E-state index contributed by atoms with van der Waals surface area (Å²) in [4.78, 5) is 15.9. The second-order valence-corrected chi connectivity index (χ2v) is 7.51. The number of nitrogens with zero attached hydrogens (tertiary/aromatic N) is 3. The highest BCUT2D eigenvalue weighted by Crippen LogP contribution is 2.30. The summed E-state index contributed by atoms with van der Waals surface area (Å²) in [7, 11) is 0. The van der Waals surface area contributed by atoms with Gasteiger partial charge in [-0.1, -0.05) is 30.0 Å². The summed E-state index contributed by atoms with van der Waals surface area (Å²) in [5.41, 5.74) is 4.42. The van der Waals surface area contributed by atoms with Crippen LogP contribution < -0.4 is 0 Å². The minimum Gasteiger partial charge on any atom is -0.469 e. The summed E-state index contributed by atoms with van der Waals surface area (Å²) >= 11 is 1.38.